The van der Waals surface area contributed by atoms with Gasteiger partial charge in [0.15, 0.2) is 0 Å². The van der Waals surface area contributed by atoms with Crippen LogP contribution >= 0.6 is 0 Å². The van der Waals surface area contributed by atoms with E-state index >= 15 is 0 Å². The van der Waals surface area contributed by atoms with Crippen molar-refractivity contribution in [2.24, 2.45) is 0 Å². The van der Waals surface area contributed by atoms with Gasteiger partial charge in [0.25, 0.3) is 0 Å². The molecule has 0 bridgehead atoms. The van der Waals surface area contributed by atoms with Crippen LogP contribution in [0.5, 0.6) is 0 Å². The first-order valence-corrected chi connectivity index (χ1v) is 4.72. The molecule has 14 heavy (non-hydrogen) atoms. The molecule has 0 spiro atoms. The van der Waals surface area contributed by atoms with Gasteiger partial charge < -0.3 is 14.9 Å². The summed E-state index contributed by atoms with van der Waals surface area (Å²) in [4.78, 5) is 10.6. The lowest BCUT2D eigenvalue weighted by molar-refractivity contribution is -0.156. The lowest BCUT2D eigenvalue weighted by Crippen LogP contribution is -2.47. The molecule has 1 rings (SSSR count). The average Bonchev–Trinajstić information content (AvgIpc) is 1.91. The molecule has 1 fully saturated rings. The minimum Gasteiger partial charge on any atom is -0.481 e. The first kappa shape index (κ1) is 11.5. The fraction of sp³-hybridized carbons (Fsp3) is 0.900. The number of carboxylic acids is 1. The number of hydrogen-bond acceptors (Lipinski definition) is 3. The molecule has 1 aliphatic rings. The maximum absolute atomic E-state index is 10.6. The Morgan fingerprint density at radius 1 is 1.36 bits per heavy atom. The predicted molar refractivity (Wildman–Crippen MR) is 51.1 cm³/mol. The van der Waals surface area contributed by atoms with E-state index in [1.165, 1.54) is 0 Å². The molecule has 0 radical (unpaired) electrons. The highest BCUT2D eigenvalue weighted by Crippen LogP contribution is 2.46. The quantitative estimate of drug-likeness (QED) is 0.705. The normalized spacial score (nSPS) is 34.4. The summed E-state index contributed by atoms with van der Waals surface area (Å²) in [7, 11) is 0. The van der Waals surface area contributed by atoms with Gasteiger partial charge in [0.1, 0.15) is 5.60 Å². The van der Waals surface area contributed by atoms with Gasteiger partial charge in [-0.3, -0.25) is 4.79 Å². The van der Waals surface area contributed by atoms with Crippen LogP contribution in [0.4, 0.5) is 0 Å². The number of carbonyl (C=O) groups is 1. The lowest BCUT2D eigenvalue weighted by atomic mass is 9.80. The van der Waals surface area contributed by atoms with E-state index in [4.69, 9.17) is 9.84 Å². The third kappa shape index (κ3) is 1.91. The van der Waals surface area contributed by atoms with E-state index in [2.05, 4.69) is 0 Å². The van der Waals surface area contributed by atoms with Crippen LogP contribution < -0.4 is 0 Å². The molecule has 0 aromatic heterocycles. The second-order valence-electron chi connectivity index (χ2n) is 5.15. The van der Waals surface area contributed by atoms with Gasteiger partial charge in [-0.25, -0.2) is 0 Å². The van der Waals surface area contributed by atoms with Crippen LogP contribution in [0.1, 0.15) is 40.5 Å². The van der Waals surface area contributed by atoms with E-state index in [0.717, 1.165) is 0 Å². The Kier molecular flexibility index (Phi) is 2.41. The molecule has 1 aliphatic heterocycles. The average molecular weight is 202 g/mol. The molecule has 4 nitrogen and oxygen atoms in total. The second kappa shape index (κ2) is 2.94. The Hall–Kier alpha value is -0.610. The van der Waals surface area contributed by atoms with E-state index in [1.807, 2.05) is 13.8 Å². The fourth-order valence-corrected chi connectivity index (χ4v) is 2.26. The van der Waals surface area contributed by atoms with Crippen molar-refractivity contribution in [1.29, 1.82) is 0 Å². The molecule has 0 saturated carbocycles. The summed E-state index contributed by atoms with van der Waals surface area (Å²) in [5, 5.41) is 18.9. The minimum absolute atomic E-state index is 0.274. The topological polar surface area (TPSA) is 66.8 Å². The zero-order valence-electron chi connectivity index (χ0n) is 9.13. The van der Waals surface area contributed by atoms with E-state index in [9.17, 15) is 9.90 Å². The second-order valence-corrected chi connectivity index (χ2v) is 5.15. The zero-order chi connectivity index (χ0) is 11.2. The van der Waals surface area contributed by atoms with Gasteiger partial charge in [-0.2, -0.15) is 0 Å². The lowest BCUT2D eigenvalue weighted by Gasteiger charge is -2.33. The van der Waals surface area contributed by atoms with Gasteiger partial charge in [-0.1, -0.05) is 0 Å². The van der Waals surface area contributed by atoms with Crippen molar-refractivity contribution >= 4 is 5.97 Å². The SMILES string of the molecule is CC1(C)CC(O)(CC(=O)O)C(C)(C)O1. The van der Waals surface area contributed by atoms with E-state index in [-0.39, 0.29) is 6.42 Å². The van der Waals surface area contributed by atoms with Crippen LogP contribution in [-0.4, -0.2) is 33.0 Å². The Labute approximate surface area is 83.9 Å². The molecular formula is C10H18O4. The third-order valence-corrected chi connectivity index (χ3v) is 2.81. The van der Waals surface area contributed by atoms with Gasteiger partial charge in [0, 0.05) is 6.42 Å². The van der Waals surface area contributed by atoms with E-state index < -0.39 is 22.8 Å². The summed E-state index contributed by atoms with van der Waals surface area (Å²) in [6.45, 7) is 7.17. The van der Waals surface area contributed by atoms with Crippen LogP contribution in [0, 0.1) is 0 Å². The molecule has 4 heteroatoms. The molecule has 2 N–H and O–H groups in total. The summed E-state index contributed by atoms with van der Waals surface area (Å²) < 4.78 is 5.64. The van der Waals surface area contributed by atoms with Gasteiger partial charge in [-0.05, 0) is 27.7 Å². The molecule has 82 valence electrons. The number of ether oxygens (including phenoxy) is 1. The summed E-state index contributed by atoms with van der Waals surface area (Å²) in [5.41, 5.74) is -2.55. The summed E-state index contributed by atoms with van der Waals surface area (Å²) >= 11 is 0. The maximum atomic E-state index is 10.6. The van der Waals surface area contributed by atoms with E-state index in [1.54, 1.807) is 13.8 Å². The number of aliphatic hydroxyl groups is 1. The Bertz CT molecular complexity index is 257. The smallest absolute Gasteiger partial charge is 0.306 e. The zero-order valence-corrected chi connectivity index (χ0v) is 9.13. The molecule has 0 aromatic rings. The monoisotopic (exact) mass is 202 g/mol. The van der Waals surface area contributed by atoms with Crippen molar-refractivity contribution < 1.29 is 19.7 Å². The van der Waals surface area contributed by atoms with Crippen molar-refractivity contribution in [3.8, 4) is 0 Å². The molecule has 1 unspecified atom stereocenters. The van der Waals surface area contributed by atoms with Gasteiger partial charge >= 0.3 is 5.97 Å². The van der Waals surface area contributed by atoms with Crippen molar-refractivity contribution in [2.75, 3.05) is 0 Å². The highest BCUT2D eigenvalue weighted by molar-refractivity contribution is 5.68. The van der Waals surface area contributed by atoms with E-state index in [0.29, 0.717) is 6.42 Å². The van der Waals surface area contributed by atoms with Crippen molar-refractivity contribution in [3.05, 3.63) is 0 Å². The Morgan fingerprint density at radius 3 is 2.14 bits per heavy atom. The minimum atomic E-state index is -1.28. The van der Waals surface area contributed by atoms with Gasteiger partial charge in [0.05, 0.1) is 17.6 Å². The predicted octanol–water partition coefficient (Wildman–Crippen LogP) is 1.17. The summed E-state index contributed by atoms with van der Waals surface area (Å²) in [6.07, 6.45) is 0.0722. The summed E-state index contributed by atoms with van der Waals surface area (Å²) in [5.74, 6) is -0.998. The van der Waals surface area contributed by atoms with Crippen LogP contribution in [0.2, 0.25) is 0 Å². The molecular weight excluding hydrogens is 184 g/mol. The molecule has 0 aliphatic carbocycles. The van der Waals surface area contributed by atoms with Crippen molar-refractivity contribution in [1.82, 2.24) is 0 Å². The fourth-order valence-electron chi connectivity index (χ4n) is 2.26. The van der Waals surface area contributed by atoms with Crippen LogP contribution in [0.15, 0.2) is 0 Å². The largest absolute Gasteiger partial charge is 0.481 e. The Morgan fingerprint density at radius 2 is 1.86 bits per heavy atom. The third-order valence-electron chi connectivity index (χ3n) is 2.81. The first-order valence-electron chi connectivity index (χ1n) is 4.72. The number of rotatable bonds is 2. The first-order chi connectivity index (χ1) is 6.08. The molecule has 0 aromatic carbocycles. The molecule has 1 atom stereocenters. The number of aliphatic carboxylic acids is 1. The van der Waals surface area contributed by atoms with Gasteiger partial charge in [0.2, 0.25) is 0 Å². The van der Waals surface area contributed by atoms with Crippen LogP contribution in [-0.2, 0) is 9.53 Å². The maximum Gasteiger partial charge on any atom is 0.306 e. The number of carboxylic acid groups (broad SMARTS) is 1. The molecule has 1 heterocycles. The van der Waals surface area contributed by atoms with Gasteiger partial charge in [-0.15, -0.1) is 0 Å². The standard InChI is InChI=1S/C10H18O4/c1-8(2)6-10(13,5-7(11)12)9(3,4)14-8/h13H,5-6H2,1-4H3,(H,11,12). The van der Waals surface area contributed by atoms with Crippen molar-refractivity contribution in [2.45, 2.75) is 57.3 Å². The Balaban J connectivity index is 2.93. The molecule has 0 amide bonds. The number of hydrogen-bond donors (Lipinski definition) is 2. The van der Waals surface area contributed by atoms with Crippen molar-refractivity contribution in [3.63, 3.8) is 0 Å². The molecule has 1 saturated heterocycles. The highest BCUT2D eigenvalue weighted by Gasteiger charge is 2.57. The van der Waals surface area contributed by atoms with Crippen LogP contribution in [0.25, 0.3) is 0 Å². The van der Waals surface area contributed by atoms with Crippen LogP contribution in [0.3, 0.4) is 0 Å². The highest BCUT2D eigenvalue weighted by atomic mass is 16.5. The summed E-state index contributed by atoms with van der Waals surface area (Å²) in [6, 6.07) is 0.